The van der Waals surface area contributed by atoms with Gasteiger partial charge < -0.3 is 9.84 Å². The molecular formula is C20H19FN2O2. The Kier molecular flexibility index (Phi) is 5.23. The van der Waals surface area contributed by atoms with Crippen LogP contribution in [0.3, 0.4) is 0 Å². The number of aromatic nitrogens is 1. The van der Waals surface area contributed by atoms with E-state index in [1.807, 2.05) is 31.2 Å². The first-order valence-corrected chi connectivity index (χ1v) is 8.24. The third-order valence-electron chi connectivity index (χ3n) is 3.83. The maximum absolute atomic E-state index is 13.3. The normalized spacial score (nSPS) is 10.6. The Morgan fingerprint density at radius 1 is 1.16 bits per heavy atom. The second kappa shape index (κ2) is 7.75. The molecule has 0 atom stereocenters. The lowest BCUT2D eigenvalue weighted by molar-refractivity contribution is 0.0982. The van der Waals surface area contributed by atoms with E-state index in [0.717, 1.165) is 17.7 Å². The van der Waals surface area contributed by atoms with Crippen LogP contribution < -0.4 is 5.32 Å². The summed E-state index contributed by atoms with van der Waals surface area (Å²) in [7, 11) is 0. The van der Waals surface area contributed by atoms with E-state index in [-0.39, 0.29) is 11.6 Å². The Hall–Kier alpha value is -2.95. The maximum Gasteiger partial charge on any atom is 0.162 e. The molecular weight excluding hydrogens is 319 g/mol. The molecule has 3 aromatic rings. The number of anilines is 1. The molecule has 1 N–H and O–H groups in total. The highest BCUT2D eigenvalue weighted by Crippen LogP contribution is 2.20. The van der Waals surface area contributed by atoms with Gasteiger partial charge in [0.25, 0.3) is 0 Å². The summed E-state index contributed by atoms with van der Waals surface area (Å²) in [6.07, 6.45) is 1.41. The molecule has 1 heterocycles. The number of halogens is 1. The van der Waals surface area contributed by atoms with Crippen LogP contribution >= 0.6 is 0 Å². The number of hydrogen-bond donors (Lipinski definition) is 1. The predicted octanol–water partition coefficient (Wildman–Crippen LogP) is 5.08. The summed E-state index contributed by atoms with van der Waals surface area (Å²) in [6.45, 7) is 2.44. The van der Waals surface area contributed by atoms with Gasteiger partial charge in [0.05, 0.1) is 6.54 Å². The zero-order chi connectivity index (χ0) is 17.6. The average molecular weight is 338 g/mol. The summed E-state index contributed by atoms with van der Waals surface area (Å²) in [5.74, 6) is 0.493. The quantitative estimate of drug-likeness (QED) is 0.611. The van der Waals surface area contributed by atoms with Crippen molar-refractivity contribution in [1.29, 1.82) is 0 Å². The SMILES string of the molecule is CCCC(=O)c1ccc(NCc2cc(-c3cccc(F)c3)no2)cc1. The number of Topliss-reactive ketones (excluding diaryl/α,β-unsaturated/α-hetero) is 1. The highest BCUT2D eigenvalue weighted by Gasteiger charge is 2.08. The molecule has 0 saturated carbocycles. The molecule has 0 bridgehead atoms. The number of carbonyl (C=O) groups is 1. The van der Waals surface area contributed by atoms with Gasteiger partial charge in [-0.25, -0.2) is 4.39 Å². The van der Waals surface area contributed by atoms with Crippen molar-refractivity contribution in [3.8, 4) is 11.3 Å². The standard InChI is InChI=1S/C20H19FN2O2/c1-2-4-20(24)14-7-9-17(10-8-14)22-13-18-12-19(23-25-18)15-5-3-6-16(21)11-15/h3,5-12,22H,2,4,13H2,1H3. The van der Waals surface area contributed by atoms with Crippen LogP contribution in [0.1, 0.15) is 35.9 Å². The van der Waals surface area contributed by atoms with Crippen molar-refractivity contribution in [2.24, 2.45) is 0 Å². The van der Waals surface area contributed by atoms with Crippen LogP contribution in [-0.2, 0) is 6.54 Å². The van der Waals surface area contributed by atoms with Gasteiger partial charge in [0.2, 0.25) is 0 Å². The van der Waals surface area contributed by atoms with Gasteiger partial charge in [-0.3, -0.25) is 4.79 Å². The van der Waals surface area contributed by atoms with Gasteiger partial charge in [0.15, 0.2) is 11.5 Å². The highest BCUT2D eigenvalue weighted by molar-refractivity contribution is 5.96. The van der Waals surface area contributed by atoms with Crippen molar-refractivity contribution in [3.05, 3.63) is 71.7 Å². The first-order valence-electron chi connectivity index (χ1n) is 8.24. The molecule has 128 valence electrons. The van der Waals surface area contributed by atoms with Gasteiger partial charge in [-0.05, 0) is 42.8 Å². The van der Waals surface area contributed by atoms with Gasteiger partial charge in [-0.15, -0.1) is 0 Å². The molecule has 2 aromatic carbocycles. The van der Waals surface area contributed by atoms with Crippen molar-refractivity contribution >= 4 is 11.5 Å². The van der Waals surface area contributed by atoms with Crippen molar-refractivity contribution < 1.29 is 13.7 Å². The number of nitrogens with one attached hydrogen (secondary N) is 1. The Morgan fingerprint density at radius 3 is 2.68 bits per heavy atom. The fraction of sp³-hybridized carbons (Fsp3) is 0.200. The Morgan fingerprint density at radius 2 is 1.96 bits per heavy atom. The molecule has 25 heavy (non-hydrogen) atoms. The van der Waals surface area contributed by atoms with Crippen molar-refractivity contribution in [2.75, 3.05) is 5.32 Å². The Labute approximate surface area is 145 Å². The van der Waals surface area contributed by atoms with Gasteiger partial charge >= 0.3 is 0 Å². The molecule has 0 amide bonds. The summed E-state index contributed by atoms with van der Waals surface area (Å²) in [6, 6.07) is 15.4. The lowest BCUT2D eigenvalue weighted by Gasteiger charge is -2.05. The van der Waals surface area contributed by atoms with E-state index in [0.29, 0.717) is 30.0 Å². The van der Waals surface area contributed by atoms with Gasteiger partial charge in [-0.1, -0.05) is 24.2 Å². The average Bonchev–Trinajstić information content (AvgIpc) is 3.10. The maximum atomic E-state index is 13.3. The summed E-state index contributed by atoms with van der Waals surface area (Å²) in [5, 5.41) is 7.19. The molecule has 0 aliphatic heterocycles. The molecule has 0 fully saturated rings. The predicted molar refractivity (Wildman–Crippen MR) is 94.9 cm³/mol. The first-order chi connectivity index (χ1) is 12.2. The molecule has 4 nitrogen and oxygen atoms in total. The van der Waals surface area contributed by atoms with E-state index >= 15 is 0 Å². The summed E-state index contributed by atoms with van der Waals surface area (Å²) >= 11 is 0. The van der Waals surface area contributed by atoms with Gasteiger partial charge in [0, 0.05) is 29.3 Å². The molecule has 0 radical (unpaired) electrons. The molecule has 0 aliphatic rings. The van der Waals surface area contributed by atoms with E-state index in [9.17, 15) is 9.18 Å². The Balaban J connectivity index is 1.61. The second-order valence-corrected chi connectivity index (χ2v) is 5.79. The van der Waals surface area contributed by atoms with Crippen LogP contribution in [0.15, 0.2) is 59.1 Å². The minimum Gasteiger partial charge on any atom is -0.378 e. The number of benzene rings is 2. The van der Waals surface area contributed by atoms with E-state index in [1.54, 1.807) is 18.2 Å². The number of rotatable bonds is 7. The zero-order valence-electron chi connectivity index (χ0n) is 14.0. The summed E-state index contributed by atoms with van der Waals surface area (Å²) in [5.41, 5.74) is 2.88. The largest absolute Gasteiger partial charge is 0.378 e. The smallest absolute Gasteiger partial charge is 0.162 e. The Bertz CT molecular complexity index is 856. The molecule has 0 aliphatic carbocycles. The fourth-order valence-corrected chi connectivity index (χ4v) is 2.51. The van der Waals surface area contributed by atoms with E-state index < -0.39 is 0 Å². The number of carbonyl (C=O) groups excluding carboxylic acids is 1. The van der Waals surface area contributed by atoms with Crippen molar-refractivity contribution in [2.45, 2.75) is 26.3 Å². The minimum atomic E-state index is -0.308. The first kappa shape index (κ1) is 16.9. The van der Waals surface area contributed by atoms with Crippen LogP contribution in [0.5, 0.6) is 0 Å². The molecule has 0 spiro atoms. The van der Waals surface area contributed by atoms with Crippen LogP contribution in [0.2, 0.25) is 0 Å². The van der Waals surface area contributed by atoms with Gasteiger partial charge in [-0.2, -0.15) is 0 Å². The monoisotopic (exact) mass is 338 g/mol. The van der Waals surface area contributed by atoms with Crippen LogP contribution in [0.25, 0.3) is 11.3 Å². The number of ketones is 1. The van der Waals surface area contributed by atoms with Crippen LogP contribution in [0.4, 0.5) is 10.1 Å². The number of nitrogens with zero attached hydrogens (tertiary/aromatic N) is 1. The topological polar surface area (TPSA) is 55.1 Å². The molecule has 5 heteroatoms. The second-order valence-electron chi connectivity index (χ2n) is 5.79. The molecule has 0 saturated heterocycles. The van der Waals surface area contributed by atoms with E-state index in [4.69, 9.17) is 4.52 Å². The lowest BCUT2D eigenvalue weighted by atomic mass is 10.1. The molecule has 0 unspecified atom stereocenters. The summed E-state index contributed by atoms with van der Waals surface area (Å²) < 4.78 is 18.6. The van der Waals surface area contributed by atoms with Crippen LogP contribution in [0, 0.1) is 5.82 Å². The minimum absolute atomic E-state index is 0.156. The van der Waals surface area contributed by atoms with Crippen LogP contribution in [-0.4, -0.2) is 10.9 Å². The van der Waals surface area contributed by atoms with E-state index in [2.05, 4.69) is 10.5 Å². The van der Waals surface area contributed by atoms with Gasteiger partial charge in [0.1, 0.15) is 11.5 Å². The zero-order valence-corrected chi connectivity index (χ0v) is 14.0. The highest BCUT2D eigenvalue weighted by atomic mass is 19.1. The van der Waals surface area contributed by atoms with Crippen molar-refractivity contribution in [3.63, 3.8) is 0 Å². The fourth-order valence-electron chi connectivity index (χ4n) is 2.51. The summed E-state index contributed by atoms with van der Waals surface area (Å²) in [4.78, 5) is 11.8. The third-order valence-corrected chi connectivity index (χ3v) is 3.83. The molecule has 1 aromatic heterocycles. The van der Waals surface area contributed by atoms with Crippen molar-refractivity contribution in [1.82, 2.24) is 5.16 Å². The third kappa shape index (κ3) is 4.32. The van der Waals surface area contributed by atoms with E-state index in [1.165, 1.54) is 12.1 Å². The number of hydrogen-bond acceptors (Lipinski definition) is 4. The molecule has 3 rings (SSSR count). The lowest BCUT2D eigenvalue weighted by Crippen LogP contribution is -2.00.